The van der Waals surface area contributed by atoms with E-state index in [1.807, 2.05) is 6.07 Å². The Hall–Kier alpha value is -2.20. The maximum atomic E-state index is 13.3. The minimum absolute atomic E-state index is 0.161. The molecule has 4 heteroatoms. The fourth-order valence-electron chi connectivity index (χ4n) is 6.22. The van der Waals surface area contributed by atoms with Gasteiger partial charge in [0.25, 0.3) is 0 Å². The molecule has 3 nitrogen and oxygen atoms in total. The predicted molar refractivity (Wildman–Crippen MR) is 132 cm³/mol. The fourth-order valence-corrected chi connectivity index (χ4v) is 6.22. The van der Waals surface area contributed by atoms with Gasteiger partial charge in [-0.15, -0.1) is 0 Å². The van der Waals surface area contributed by atoms with Gasteiger partial charge in [0.15, 0.2) is 0 Å². The minimum atomic E-state index is -0.216. The first-order valence-corrected chi connectivity index (χ1v) is 13.0. The highest BCUT2D eigenvalue weighted by atomic mass is 19.1. The zero-order chi connectivity index (χ0) is 23.3. The molecule has 178 valence electrons. The molecule has 0 heterocycles. The molecular formula is C29H40FN2O+. The van der Waals surface area contributed by atoms with Crippen molar-refractivity contribution in [3.05, 3.63) is 71.5 Å². The number of carbonyl (C=O) groups is 1. The Kier molecular flexibility index (Phi) is 7.85. The van der Waals surface area contributed by atoms with Gasteiger partial charge in [-0.2, -0.15) is 0 Å². The Morgan fingerprint density at radius 1 is 1.00 bits per heavy atom. The SMILES string of the molecule is CC[N+](CC)(CC1CC1C(=O)NCCc1cccc(F)c1)C1CCC(c2ccccc2)CC1. The smallest absolute Gasteiger partial charge is 0.223 e. The number of hydrogen-bond donors (Lipinski definition) is 1. The molecule has 4 rings (SSSR count). The Balaban J connectivity index is 1.26. The first kappa shape index (κ1) is 23.9. The number of benzene rings is 2. The molecule has 0 aromatic heterocycles. The molecule has 1 amide bonds. The van der Waals surface area contributed by atoms with E-state index >= 15 is 0 Å². The molecule has 1 N–H and O–H groups in total. The molecule has 0 bridgehead atoms. The highest BCUT2D eigenvalue weighted by Crippen LogP contribution is 2.44. The second-order valence-electron chi connectivity index (χ2n) is 10.2. The standard InChI is InChI=1S/C29H39FN2O/c1-3-32(4-2,27-15-13-24(14-16-27)23-10-6-5-7-11-23)21-25-20-28(25)29(33)31-18-17-22-9-8-12-26(30)19-22/h5-12,19,24-25,27-28H,3-4,13-18,20-21H2,1-2H3/p+1. The van der Waals surface area contributed by atoms with E-state index in [1.165, 1.54) is 41.8 Å². The van der Waals surface area contributed by atoms with Crippen molar-refractivity contribution < 1.29 is 13.7 Å². The van der Waals surface area contributed by atoms with E-state index in [2.05, 4.69) is 49.5 Å². The molecule has 2 fully saturated rings. The third-order valence-corrected chi connectivity index (χ3v) is 8.46. The van der Waals surface area contributed by atoms with Crippen molar-refractivity contribution in [3.63, 3.8) is 0 Å². The summed E-state index contributed by atoms with van der Waals surface area (Å²) in [4.78, 5) is 12.7. The van der Waals surface area contributed by atoms with Crippen LogP contribution in [-0.4, -0.2) is 42.6 Å². The Bertz CT molecular complexity index is 903. The zero-order valence-corrected chi connectivity index (χ0v) is 20.3. The quantitative estimate of drug-likeness (QED) is 0.461. The van der Waals surface area contributed by atoms with Gasteiger partial charge < -0.3 is 9.80 Å². The molecule has 2 aliphatic carbocycles. The highest BCUT2D eigenvalue weighted by molar-refractivity contribution is 5.81. The summed E-state index contributed by atoms with van der Waals surface area (Å²) in [5.41, 5.74) is 2.43. The van der Waals surface area contributed by atoms with Crippen LogP contribution in [0, 0.1) is 17.7 Å². The second kappa shape index (κ2) is 10.8. The Labute approximate surface area is 199 Å². The van der Waals surface area contributed by atoms with Crippen molar-refractivity contribution in [1.29, 1.82) is 0 Å². The summed E-state index contributed by atoms with van der Waals surface area (Å²) in [5, 5.41) is 3.10. The summed E-state index contributed by atoms with van der Waals surface area (Å²) in [7, 11) is 0. The number of nitrogens with zero attached hydrogens (tertiary/aromatic N) is 1. The predicted octanol–water partition coefficient (Wildman–Crippen LogP) is 5.70. The van der Waals surface area contributed by atoms with Crippen molar-refractivity contribution >= 4 is 5.91 Å². The fraction of sp³-hybridized carbons (Fsp3) is 0.552. The zero-order valence-electron chi connectivity index (χ0n) is 20.3. The van der Waals surface area contributed by atoms with Crippen LogP contribution in [0.25, 0.3) is 0 Å². The minimum Gasteiger partial charge on any atom is -0.356 e. The van der Waals surface area contributed by atoms with Gasteiger partial charge in [-0.3, -0.25) is 4.79 Å². The van der Waals surface area contributed by atoms with Crippen molar-refractivity contribution in [2.45, 2.75) is 64.3 Å². The normalized spacial score (nSPS) is 24.9. The lowest BCUT2D eigenvalue weighted by molar-refractivity contribution is -0.951. The summed E-state index contributed by atoms with van der Waals surface area (Å²) >= 11 is 0. The first-order chi connectivity index (χ1) is 16.0. The van der Waals surface area contributed by atoms with Gasteiger partial charge in [-0.25, -0.2) is 4.39 Å². The van der Waals surface area contributed by atoms with Gasteiger partial charge in [-0.1, -0.05) is 42.5 Å². The van der Waals surface area contributed by atoms with E-state index in [0.717, 1.165) is 37.7 Å². The van der Waals surface area contributed by atoms with Gasteiger partial charge in [0.1, 0.15) is 5.82 Å². The molecule has 2 aromatic carbocycles. The van der Waals surface area contributed by atoms with Gasteiger partial charge in [0.05, 0.1) is 25.7 Å². The van der Waals surface area contributed by atoms with Crippen LogP contribution < -0.4 is 5.32 Å². The van der Waals surface area contributed by atoms with Gasteiger partial charge in [0, 0.05) is 31.2 Å². The van der Waals surface area contributed by atoms with E-state index in [-0.39, 0.29) is 17.6 Å². The Morgan fingerprint density at radius 3 is 2.39 bits per heavy atom. The summed E-state index contributed by atoms with van der Waals surface area (Å²) in [6.07, 6.45) is 6.84. The molecule has 0 aliphatic heterocycles. The maximum Gasteiger partial charge on any atom is 0.223 e. The van der Waals surface area contributed by atoms with E-state index in [9.17, 15) is 9.18 Å². The van der Waals surface area contributed by atoms with Crippen LogP contribution in [0.5, 0.6) is 0 Å². The van der Waals surface area contributed by atoms with E-state index in [1.54, 1.807) is 12.1 Å². The average Bonchev–Trinajstić information content (AvgIpc) is 3.62. The highest BCUT2D eigenvalue weighted by Gasteiger charge is 2.49. The molecule has 2 saturated carbocycles. The van der Waals surface area contributed by atoms with E-state index < -0.39 is 0 Å². The molecule has 2 atom stereocenters. The van der Waals surface area contributed by atoms with Gasteiger partial charge in [-0.05, 0) is 68.7 Å². The van der Waals surface area contributed by atoms with Crippen molar-refractivity contribution in [2.75, 3.05) is 26.2 Å². The van der Waals surface area contributed by atoms with Crippen molar-refractivity contribution in [3.8, 4) is 0 Å². The summed E-state index contributed by atoms with van der Waals surface area (Å²) < 4.78 is 14.5. The Morgan fingerprint density at radius 2 is 1.73 bits per heavy atom. The lowest BCUT2D eigenvalue weighted by Crippen LogP contribution is -2.57. The number of nitrogens with one attached hydrogen (secondary N) is 1. The third-order valence-electron chi connectivity index (χ3n) is 8.46. The molecule has 2 aromatic rings. The molecule has 0 saturated heterocycles. The van der Waals surface area contributed by atoms with E-state index in [0.29, 0.717) is 24.8 Å². The number of quaternary nitrogens is 1. The van der Waals surface area contributed by atoms with Crippen LogP contribution in [0.2, 0.25) is 0 Å². The molecule has 2 unspecified atom stereocenters. The van der Waals surface area contributed by atoms with Gasteiger partial charge >= 0.3 is 0 Å². The third kappa shape index (κ3) is 5.84. The average molecular weight is 452 g/mol. The maximum absolute atomic E-state index is 13.3. The van der Waals surface area contributed by atoms with Crippen LogP contribution in [0.1, 0.15) is 63.0 Å². The molecule has 0 spiro atoms. The van der Waals surface area contributed by atoms with Crippen LogP contribution >= 0.6 is 0 Å². The number of hydrogen-bond acceptors (Lipinski definition) is 1. The van der Waals surface area contributed by atoms with Crippen molar-refractivity contribution in [1.82, 2.24) is 5.32 Å². The molecular weight excluding hydrogens is 411 g/mol. The summed E-state index contributed by atoms with van der Waals surface area (Å²) in [5.74, 6) is 1.34. The van der Waals surface area contributed by atoms with Crippen LogP contribution in [0.4, 0.5) is 4.39 Å². The number of rotatable bonds is 10. The van der Waals surface area contributed by atoms with Crippen LogP contribution in [0.15, 0.2) is 54.6 Å². The number of amides is 1. The second-order valence-corrected chi connectivity index (χ2v) is 10.2. The molecule has 2 aliphatic rings. The lowest BCUT2D eigenvalue weighted by atomic mass is 9.80. The molecule has 0 radical (unpaired) electrons. The summed E-state index contributed by atoms with van der Waals surface area (Å²) in [6, 6.07) is 18.4. The summed E-state index contributed by atoms with van der Waals surface area (Å²) in [6.45, 7) is 8.70. The molecule has 33 heavy (non-hydrogen) atoms. The van der Waals surface area contributed by atoms with Crippen molar-refractivity contribution in [2.24, 2.45) is 11.8 Å². The number of carbonyl (C=O) groups excluding carboxylic acids is 1. The van der Waals surface area contributed by atoms with Crippen LogP contribution in [-0.2, 0) is 11.2 Å². The van der Waals surface area contributed by atoms with Gasteiger partial charge in [0.2, 0.25) is 5.91 Å². The lowest BCUT2D eigenvalue weighted by Gasteiger charge is -2.47. The van der Waals surface area contributed by atoms with Crippen LogP contribution in [0.3, 0.4) is 0 Å². The monoisotopic (exact) mass is 451 g/mol. The number of halogens is 1. The van der Waals surface area contributed by atoms with E-state index in [4.69, 9.17) is 0 Å². The first-order valence-electron chi connectivity index (χ1n) is 13.0. The largest absolute Gasteiger partial charge is 0.356 e. The topological polar surface area (TPSA) is 29.1 Å².